The predicted octanol–water partition coefficient (Wildman–Crippen LogP) is 2.44. The second-order valence-corrected chi connectivity index (χ2v) is 7.36. The van der Waals surface area contributed by atoms with Gasteiger partial charge in [-0.25, -0.2) is 4.79 Å². The van der Waals surface area contributed by atoms with Gasteiger partial charge >= 0.3 is 6.03 Å². The summed E-state index contributed by atoms with van der Waals surface area (Å²) in [6.07, 6.45) is 0. The first kappa shape index (κ1) is 18.9. The van der Waals surface area contributed by atoms with Gasteiger partial charge in [0, 0.05) is 45.3 Å². The third kappa shape index (κ3) is 4.34. The number of aryl methyl sites for hydroxylation is 1. The maximum atomic E-state index is 12.5. The van der Waals surface area contributed by atoms with Crippen LogP contribution in [0.25, 0.3) is 0 Å². The van der Waals surface area contributed by atoms with Gasteiger partial charge in [-0.15, -0.1) is 0 Å². The SMILES string of the molecule is Cc1cc(CN2CCN(C(=O)NCc3cc(Cl)c4c(c3)OCCO4)CC2)no1. The number of fused-ring (bicyclic) bond motifs is 1. The summed E-state index contributed by atoms with van der Waals surface area (Å²) in [6, 6.07) is 5.52. The number of ether oxygens (including phenoxy) is 2. The molecule has 0 atom stereocenters. The number of hydrogen-bond acceptors (Lipinski definition) is 6. The average molecular weight is 407 g/mol. The minimum absolute atomic E-state index is 0.0806. The van der Waals surface area contributed by atoms with E-state index in [1.807, 2.05) is 24.0 Å². The molecule has 1 saturated heterocycles. The number of carbonyl (C=O) groups excluding carboxylic acids is 1. The number of benzene rings is 1. The van der Waals surface area contributed by atoms with Crippen molar-refractivity contribution in [2.75, 3.05) is 39.4 Å². The summed E-state index contributed by atoms with van der Waals surface area (Å²) in [5, 5.41) is 7.48. The zero-order valence-electron chi connectivity index (χ0n) is 15.7. The van der Waals surface area contributed by atoms with Gasteiger partial charge in [0.1, 0.15) is 19.0 Å². The Hall–Kier alpha value is -2.45. The van der Waals surface area contributed by atoms with Crippen LogP contribution in [-0.2, 0) is 13.1 Å². The quantitative estimate of drug-likeness (QED) is 0.840. The molecule has 8 nitrogen and oxygen atoms in total. The molecule has 0 spiro atoms. The Morgan fingerprint density at radius 3 is 2.71 bits per heavy atom. The second kappa shape index (κ2) is 8.28. The molecule has 150 valence electrons. The minimum Gasteiger partial charge on any atom is -0.486 e. The van der Waals surface area contributed by atoms with E-state index < -0.39 is 0 Å². The summed E-state index contributed by atoms with van der Waals surface area (Å²) in [5.74, 6) is 2.01. The molecule has 3 heterocycles. The molecule has 4 rings (SSSR count). The molecule has 1 fully saturated rings. The van der Waals surface area contributed by atoms with Gasteiger partial charge in [-0.2, -0.15) is 0 Å². The van der Waals surface area contributed by atoms with Crippen molar-refractivity contribution in [2.24, 2.45) is 0 Å². The zero-order chi connectivity index (χ0) is 19.5. The van der Waals surface area contributed by atoms with Crippen molar-refractivity contribution in [3.63, 3.8) is 0 Å². The van der Waals surface area contributed by atoms with Crippen molar-refractivity contribution in [1.82, 2.24) is 20.3 Å². The van der Waals surface area contributed by atoms with E-state index >= 15 is 0 Å². The van der Waals surface area contributed by atoms with Crippen LogP contribution in [-0.4, -0.2) is 60.4 Å². The Kier molecular flexibility index (Phi) is 5.59. The fraction of sp³-hybridized carbons (Fsp3) is 0.474. The highest BCUT2D eigenvalue weighted by Crippen LogP contribution is 2.38. The second-order valence-electron chi connectivity index (χ2n) is 6.95. The van der Waals surface area contributed by atoms with Crippen molar-refractivity contribution < 1.29 is 18.8 Å². The van der Waals surface area contributed by atoms with Crippen LogP contribution in [0.1, 0.15) is 17.0 Å². The lowest BCUT2D eigenvalue weighted by atomic mass is 10.2. The van der Waals surface area contributed by atoms with E-state index in [-0.39, 0.29) is 6.03 Å². The molecule has 1 aromatic carbocycles. The Balaban J connectivity index is 1.26. The van der Waals surface area contributed by atoms with Crippen LogP contribution in [0.3, 0.4) is 0 Å². The number of piperazine rings is 1. The molecule has 2 aromatic rings. The van der Waals surface area contributed by atoms with Gasteiger partial charge < -0.3 is 24.2 Å². The normalized spacial score (nSPS) is 16.9. The lowest BCUT2D eigenvalue weighted by molar-refractivity contribution is 0.133. The number of carbonyl (C=O) groups is 1. The van der Waals surface area contributed by atoms with Gasteiger partial charge in [-0.1, -0.05) is 16.8 Å². The zero-order valence-corrected chi connectivity index (χ0v) is 16.5. The standard InChI is InChI=1S/C19H23ClN4O4/c1-13-8-15(22-28-13)12-23-2-4-24(5-3-23)19(25)21-11-14-9-16(20)18-17(10-14)26-6-7-27-18/h8-10H,2-7,11-12H2,1H3,(H,21,25). The van der Waals surface area contributed by atoms with Crippen molar-refractivity contribution >= 4 is 17.6 Å². The topological polar surface area (TPSA) is 80.1 Å². The first-order valence-corrected chi connectivity index (χ1v) is 9.71. The summed E-state index contributed by atoms with van der Waals surface area (Å²) >= 11 is 6.25. The van der Waals surface area contributed by atoms with E-state index in [4.69, 9.17) is 25.6 Å². The lowest BCUT2D eigenvalue weighted by Crippen LogP contribution is -2.51. The Labute approximate surface area is 168 Å². The van der Waals surface area contributed by atoms with Crippen LogP contribution in [0.4, 0.5) is 4.79 Å². The van der Waals surface area contributed by atoms with Crippen LogP contribution in [0.15, 0.2) is 22.7 Å². The number of nitrogens with zero attached hydrogens (tertiary/aromatic N) is 3. The molecule has 1 aromatic heterocycles. The predicted molar refractivity (Wildman–Crippen MR) is 103 cm³/mol. The van der Waals surface area contributed by atoms with E-state index in [0.717, 1.165) is 36.7 Å². The molecule has 0 bridgehead atoms. The maximum Gasteiger partial charge on any atom is 0.317 e. The average Bonchev–Trinajstić information content (AvgIpc) is 3.11. The van der Waals surface area contributed by atoms with Crippen LogP contribution < -0.4 is 14.8 Å². The van der Waals surface area contributed by atoms with E-state index in [1.54, 1.807) is 6.07 Å². The number of hydrogen-bond donors (Lipinski definition) is 1. The molecule has 28 heavy (non-hydrogen) atoms. The summed E-state index contributed by atoms with van der Waals surface area (Å²) in [5.41, 5.74) is 1.80. The van der Waals surface area contributed by atoms with Gasteiger partial charge in [0.25, 0.3) is 0 Å². The number of aromatic nitrogens is 1. The number of amides is 2. The van der Waals surface area contributed by atoms with Crippen LogP contribution in [0.5, 0.6) is 11.5 Å². The van der Waals surface area contributed by atoms with Gasteiger partial charge in [0.15, 0.2) is 11.5 Å². The van der Waals surface area contributed by atoms with E-state index in [0.29, 0.717) is 49.4 Å². The molecule has 0 saturated carbocycles. The van der Waals surface area contributed by atoms with E-state index in [2.05, 4.69) is 15.4 Å². The van der Waals surface area contributed by atoms with E-state index in [9.17, 15) is 4.79 Å². The van der Waals surface area contributed by atoms with Gasteiger partial charge in [-0.05, 0) is 24.6 Å². The van der Waals surface area contributed by atoms with Crippen LogP contribution in [0, 0.1) is 6.92 Å². The smallest absolute Gasteiger partial charge is 0.317 e. The molecule has 2 aliphatic heterocycles. The summed E-state index contributed by atoms with van der Waals surface area (Å²) in [6.45, 7) is 6.94. The van der Waals surface area contributed by atoms with Crippen molar-refractivity contribution in [1.29, 1.82) is 0 Å². The molecule has 0 unspecified atom stereocenters. The van der Waals surface area contributed by atoms with Gasteiger partial charge in [0.2, 0.25) is 0 Å². The van der Waals surface area contributed by atoms with Crippen LogP contribution in [0.2, 0.25) is 5.02 Å². The first-order chi connectivity index (χ1) is 13.6. The molecular formula is C19H23ClN4O4. The highest BCUT2D eigenvalue weighted by atomic mass is 35.5. The fourth-order valence-corrected chi connectivity index (χ4v) is 3.67. The highest BCUT2D eigenvalue weighted by molar-refractivity contribution is 6.32. The van der Waals surface area contributed by atoms with Gasteiger partial charge in [-0.3, -0.25) is 4.90 Å². The highest BCUT2D eigenvalue weighted by Gasteiger charge is 2.22. The third-order valence-corrected chi connectivity index (χ3v) is 5.10. The Morgan fingerprint density at radius 1 is 1.18 bits per heavy atom. The summed E-state index contributed by atoms with van der Waals surface area (Å²) in [7, 11) is 0. The fourth-order valence-electron chi connectivity index (χ4n) is 3.39. The summed E-state index contributed by atoms with van der Waals surface area (Å²) < 4.78 is 16.2. The minimum atomic E-state index is -0.0806. The molecule has 9 heteroatoms. The Bertz CT molecular complexity index is 848. The van der Waals surface area contributed by atoms with Crippen molar-refractivity contribution in [3.05, 3.63) is 40.2 Å². The Morgan fingerprint density at radius 2 is 1.96 bits per heavy atom. The molecular weight excluding hydrogens is 384 g/mol. The van der Waals surface area contributed by atoms with Crippen LogP contribution >= 0.6 is 11.6 Å². The largest absolute Gasteiger partial charge is 0.486 e. The molecule has 1 N–H and O–H groups in total. The number of halogens is 1. The third-order valence-electron chi connectivity index (χ3n) is 4.82. The maximum absolute atomic E-state index is 12.5. The lowest BCUT2D eigenvalue weighted by Gasteiger charge is -2.34. The monoisotopic (exact) mass is 406 g/mol. The molecule has 0 radical (unpaired) electrons. The molecule has 0 aliphatic carbocycles. The first-order valence-electron chi connectivity index (χ1n) is 9.34. The molecule has 2 aliphatic rings. The molecule has 2 amide bonds. The number of rotatable bonds is 4. The van der Waals surface area contributed by atoms with Crippen molar-refractivity contribution in [2.45, 2.75) is 20.0 Å². The van der Waals surface area contributed by atoms with E-state index in [1.165, 1.54) is 0 Å². The van der Waals surface area contributed by atoms with Crippen molar-refractivity contribution in [3.8, 4) is 11.5 Å². The number of urea groups is 1. The number of nitrogens with one attached hydrogen (secondary N) is 1. The van der Waals surface area contributed by atoms with Gasteiger partial charge in [0.05, 0.1) is 10.7 Å². The summed E-state index contributed by atoms with van der Waals surface area (Å²) in [4.78, 5) is 16.6.